The van der Waals surface area contributed by atoms with Crippen LogP contribution in [0.3, 0.4) is 0 Å². The van der Waals surface area contributed by atoms with Gasteiger partial charge in [-0.1, -0.05) is 0 Å². The average molecular weight is 250 g/mol. The van der Waals surface area contributed by atoms with E-state index in [-0.39, 0.29) is 11.7 Å². The quantitative estimate of drug-likeness (QED) is 0.701. The zero-order valence-corrected chi connectivity index (χ0v) is 10.6. The van der Waals surface area contributed by atoms with E-state index in [1.165, 1.54) is 6.07 Å². The van der Waals surface area contributed by atoms with Gasteiger partial charge >= 0.3 is 0 Å². The third kappa shape index (κ3) is 2.08. The van der Waals surface area contributed by atoms with Crippen molar-refractivity contribution in [2.45, 2.75) is 39.2 Å². The highest BCUT2D eigenvalue weighted by Gasteiger charge is 2.26. The first kappa shape index (κ1) is 12.9. The first-order valence-electron chi connectivity index (χ1n) is 6.17. The highest BCUT2D eigenvalue weighted by molar-refractivity contribution is 5.50. The van der Waals surface area contributed by atoms with Gasteiger partial charge in [0.15, 0.2) is 5.75 Å². The van der Waals surface area contributed by atoms with Crippen LogP contribution in [0.25, 0.3) is 0 Å². The monoisotopic (exact) mass is 250 g/mol. The lowest BCUT2D eigenvalue weighted by molar-refractivity contribution is 0.116. The van der Waals surface area contributed by atoms with Gasteiger partial charge in [-0.2, -0.15) is 0 Å². The van der Waals surface area contributed by atoms with Crippen molar-refractivity contribution in [2.24, 2.45) is 5.92 Å². The second kappa shape index (κ2) is 4.61. The lowest BCUT2D eigenvalue weighted by Gasteiger charge is -2.27. The van der Waals surface area contributed by atoms with Crippen molar-refractivity contribution in [3.8, 4) is 11.5 Å². The minimum absolute atomic E-state index is 0.134. The maximum atomic E-state index is 11.6. The Kier molecular flexibility index (Phi) is 3.30. The van der Waals surface area contributed by atoms with Crippen molar-refractivity contribution in [3.05, 3.63) is 33.0 Å². The van der Waals surface area contributed by atoms with E-state index in [1.54, 1.807) is 13.8 Å². The molecule has 0 aliphatic heterocycles. The number of aromatic hydroxyl groups is 2. The maximum absolute atomic E-state index is 11.6. The molecule has 1 aromatic rings. The van der Waals surface area contributed by atoms with Crippen LogP contribution in [0.4, 0.5) is 0 Å². The molecule has 3 N–H and O–H groups in total. The van der Waals surface area contributed by atoms with Gasteiger partial charge in [0.05, 0.1) is 6.10 Å². The first-order valence-corrected chi connectivity index (χ1v) is 6.17. The molecule has 0 spiro atoms. The summed E-state index contributed by atoms with van der Waals surface area (Å²) >= 11 is 0. The van der Waals surface area contributed by atoms with E-state index in [9.17, 15) is 20.1 Å². The molecule has 0 bridgehead atoms. The Morgan fingerprint density at radius 1 is 1.28 bits per heavy atom. The molecule has 0 saturated heterocycles. The van der Waals surface area contributed by atoms with Crippen molar-refractivity contribution in [1.29, 1.82) is 0 Å². The van der Waals surface area contributed by atoms with Crippen LogP contribution in [0.15, 0.2) is 10.9 Å². The Morgan fingerprint density at radius 3 is 2.56 bits per heavy atom. The SMILES string of the molecule is Cc1cc(=O)c(O)c(O)c2c1CC(C(C)O)CC2. The Morgan fingerprint density at radius 2 is 1.94 bits per heavy atom. The molecule has 0 radical (unpaired) electrons. The second-order valence-corrected chi connectivity index (χ2v) is 5.09. The van der Waals surface area contributed by atoms with Gasteiger partial charge in [0.1, 0.15) is 0 Å². The minimum Gasteiger partial charge on any atom is -0.504 e. The molecule has 0 saturated carbocycles. The van der Waals surface area contributed by atoms with Gasteiger partial charge in [0.25, 0.3) is 0 Å². The van der Waals surface area contributed by atoms with Gasteiger partial charge in [-0.05, 0) is 56.2 Å². The number of rotatable bonds is 1. The fourth-order valence-electron chi connectivity index (χ4n) is 2.65. The number of hydrogen-bond acceptors (Lipinski definition) is 4. The molecule has 0 heterocycles. The number of hydrogen-bond donors (Lipinski definition) is 3. The summed E-state index contributed by atoms with van der Waals surface area (Å²) in [6, 6.07) is 1.35. The fourth-order valence-corrected chi connectivity index (χ4v) is 2.65. The second-order valence-electron chi connectivity index (χ2n) is 5.09. The molecule has 98 valence electrons. The highest BCUT2D eigenvalue weighted by atomic mass is 16.3. The zero-order chi connectivity index (χ0) is 13.4. The van der Waals surface area contributed by atoms with E-state index in [4.69, 9.17) is 0 Å². The molecule has 4 heteroatoms. The molecule has 2 rings (SSSR count). The summed E-state index contributed by atoms with van der Waals surface area (Å²) in [5.41, 5.74) is 1.72. The topological polar surface area (TPSA) is 77.8 Å². The van der Waals surface area contributed by atoms with Gasteiger partial charge in [-0.3, -0.25) is 4.79 Å². The predicted molar refractivity (Wildman–Crippen MR) is 68.0 cm³/mol. The smallest absolute Gasteiger partial charge is 0.224 e. The number of fused-ring (bicyclic) bond motifs is 1. The van der Waals surface area contributed by atoms with Gasteiger partial charge in [-0.15, -0.1) is 0 Å². The molecule has 2 unspecified atom stereocenters. The van der Waals surface area contributed by atoms with Crippen molar-refractivity contribution in [3.63, 3.8) is 0 Å². The van der Waals surface area contributed by atoms with E-state index >= 15 is 0 Å². The van der Waals surface area contributed by atoms with Crippen LogP contribution in [0, 0.1) is 12.8 Å². The maximum Gasteiger partial charge on any atom is 0.224 e. The molecule has 4 nitrogen and oxygen atoms in total. The summed E-state index contributed by atoms with van der Waals surface area (Å²) in [5.74, 6) is -0.739. The van der Waals surface area contributed by atoms with Gasteiger partial charge in [-0.25, -0.2) is 0 Å². The van der Waals surface area contributed by atoms with Crippen LogP contribution in [0.5, 0.6) is 11.5 Å². The molecule has 0 amide bonds. The van der Waals surface area contributed by atoms with Crippen LogP contribution < -0.4 is 5.43 Å². The van der Waals surface area contributed by atoms with E-state index in [2.05, 4.69) is 0 Å². The summed E-state index contributed by atoms with van der Waals surface area (Å²) < 4.78 is 0. The molecular weight excluding hydrogens is 232 g/mol. The first-order chi connectivity index (χ1) is 8.41. The lowest BCUT2D eigenvalue weighted by atomic mass is 9.80. The Hall–Kier alpha value is -1.55. The van der Waals surface area contributed by atoms with Crippen LogP contribution in [0.2, 0.25) is 0 Å². The standard InChI is InChI=1S/C14H18O4/c1-7-5-12(16)14(18)13(17)10-4-3-9(8(2)15)6-11(7)10/h5,8-9,15H,3-4,6H2,1-2H3,(H2,16,17,18). The third-order valence-electron chi connectivity index (χ3n) is 3.85. The normalized spacial score (nSPS) is 20.3. The molecule has 2 atom stereocenters. The number of aliphatic hydroxyl groups excluding tert-OH is 1. The van der Waals surface area contributed by atoms with Crippen LogP contribution in [-0.2, 0) is 12.8 Å². The average Bonchev–Trinajstić information content (AvgIpc) is 2.42. The molecule has 18 heavy (non-hydrogen) atoms. The Balaban J connectivity index is 2.63. The van der Waals surface area contributed by atoms with Crippen molar-refractivity contribution >= 4 is 0 Å². The largest absolute Gasteiger partial charge is 0.504 e. The van der Waals surface area contributed by atoms with E-state index < -0.39 is 17.3 Å². The van der Waals surface area contributed by atoms with E-state index in [0.717, 1.165) is 17.5 Å². The van der Waals surface area contributed by atoms with Gasteiger partial charge in [0.2, 0.25) is 11.2 Å². The van der Waals surface area contributed by atoms with Crippen LogP contribution >= 0.6 is 0 Å². The van der Waals surface area contributed by atoms with Gasteiger partial charge < -0.3 is 15.3 Å². The Bertz CT molecular complexity index is 534. The van der Waals surface area contributed by atoms with Crippen LogP contribution in [0.1, 0.15) is 30.0 Å². The summed E-state index contributed by atoms with van der Waals surface area (Å²) in [4.78, 5) is 11.6. The van der Waals surface area contributed by atoms with E-state index in [0.29, 0.717) is 18.4 Å². The summed E-state index contributed by atoms with van der Waals surface area (Å²) in [6.45, 7) is 3.55. The predicted octanol–water partition coefficient (Wildman–Crippen LogP) is 1.25. The molecule has 0 aromatic heterocycles. The Labute approximate surface area is 106 Å². The fraction of sp³-hybridized carbons (Fsp3) is 0.500. The molecular formula is C14H18O4. The summed E-state index contributed by atoms with van der Waals surface area (Å²) in [7, 11) is 0. The zero-order valence-electron chi connectivity index (χ0n) is 10.6. The van der Waals surface area contributed by atoms with Crippen molar-refractivity contribution in [2.75, 3.05) is 0 Å². The van der Waals surface area contributed by atoms with Gasteiger partial charge in [0, 0.05) is 5.56 Å². The number of aryl methyl sites for hydroxylation is 1. The van der Waals surface area contributed by atoms with E-state index in [1.807, 2.05) is 0 Å². The summed E-state index contributed by atoms with van der Waals surface area (Å²) in [5, 5.41) is 29.2. The molecule has 1 aliphatic carbocycles. The molecule has 1 aliphatic rings. The molecule has 0 fully saturated rings. The summed E-state index contributed by atoms with van der Waals surface area (Å²) in [6.07, 6.45) is 1.53. The third-order valence-corrected chi connectivity index (χ3v) is 3.85. The molecule has 1 aromatic carbocycles. The minimum atomic E-state index is -0.574. The van der Waals surface area contributed by atoms with Crippen LogP contribution in [-0.4, -0.2) is 21.4 Å². The highest BCUT2D eigenvalue weighted by Crippen LogP contribution is 2.36. The lowest BCUT2D eigenvalue weighted by Crippen LogP contribution is -2.24. The van der Waals surface area contributed by atoms with Crippen molar-refractivity contribution in [1.82, 2.24) is 0 Å². The number of aliphatic hydroxyl groups is 1. The van der Waals surface area contributed by atoms with Crippen molar-refractivity contribution < 1.29 is 15.3 Å².